The second kappa shape index (κ2) is 7.23. The molecule has 2 unspecified atom stereocenters. The van der Waals surface area contributed by atoms with Crippen molar-refractivity contribution in [3.8, 4) is 5.75 Å². The topological polar surface area (TPSA) is 35.2 Å². The third-order valence-electron chi connectivity index (χ3n) is 3.77. The van der Waals surface area contributed by atoms with Gasteiger partial charge in [0.25, 0.3) is 0 Å². The minimum Gasteiger partial charge on any atom is -0.492 e. The zero-order valence-corrected chi connectivity index (χ0v) is 12.6. The van der Waals surface area contributed by atoms with E-state index in [2.05, 4.69) is 26.0 Å². The molecule has 2 nitrogen and oxygen atoms in total. The molecule has 2 aromatic carbocycles. The van der Waals surface area contributed by atoms with Crippen molar-refractivity contribution in [3.05, 3.63) is 65.5 Å². The summed E-state index contributed by atoms with van der Waals surface area (Å²) in [6.07, 6.45) is 1.12. The molecule has 0 aliphatic rings. The van der Waals surface area contributed by atoms with Crippen molar-refractivity contribution in [2.24, 2.45) is 5.73 Å². The van der Waals surface area contributed by atoms with Gasteiger partial charge in [-0.3, -0.25) is 0 Å². The van der Waals surface area contributed by atoms with E-state index in [1.807, 2.05) is 18.2 Å². The molecule has 0 heterocycles. The normalized spacial score (nSPS) is 13.7. The highest BCUT2D eigenvalue weighted by Gasteiger charge is 2.08. The maximum Gasteiger partial charge on any atom is 0.123 e. The Morgan fingerprint density at radius 3 is 2.43 bits per heavy atom. The average Bonchev–Trinajstić information content (AvgIpc) is 2.52. The minimum atomic E-state index is -0.338. The Labute approximate surface area is 125 Å². The molecule has 0 radical (unpaired) electrons. The van der Waals surface area contributed by atoms with Crippen molar-refractivity contribution in [2.75, 3.05) is 6.61 Å². The number of hydrogen-bond acceptors (Lipinski definition) is 2. The molecule has 0 aromatic heterocycles. The summed E-state index contributed by atoms with van der Waals surface area (Å²) in [7, 11) is 0. The molecule has 112 valence electrons. The molecular formula is C18H22FNO. The molecule has 0 aliphatic heterocycles. The van der Waals surface area contributed by atoms with E-state index in [0.29, 0.717) is 12.5 Å². The first kappa shape index (κ1) is 15.5. The highest BCUT2D eigenvalue weighted by molar-refractivity contribution is 5.29. The minimum absolute atomic E-state index is 0.277. The van der Waals surface area contributed by atoms with Crippen LogP contribution in [0.1, 0.15) is 43.4 Å². The van der Waals surface area contributed by atoms with Gasteiger partial charge < -0.3 is 10.5 Å². The van der Waals surface area contributed by atoms with Crippen LogP contribution in [-0.2, 0) is 0 Å². The van der Waals surface area contributed by atoms with E-state index < -0.39 is 0 Å². The fraction of sp³-hybridized carbons (Fsp3) is 0.333. The lowest BCUT2D eigenvalue weighted by Gasteiger charge is -2.15. The molecule has 0 saturated carbocycles. The predicted octanol–water partition coefficient (Wildman–Crippen LogP) is 4.42. The fourth-order valence-electron chi connectivity index (χ4n) is 2.15. The van der Waals surface area contributed by atoms with E-state index in [-0.39, 0.29) is 11.9 Å². The Bertz CT molecular complexity index is 568. The molecule has 0 fully saturated rings. The van der Waals surface area contributed by atoms with Crippen molar-refractivity contribution in [3.63, 3.8) is 0 Å². The molecule has 2 aromatic rings. The van der Waals surface area contributed by atoms with Crippen LogP contribution in [0.3, 0.4) is 0 Å². The highest BCUT2D eigenvalue weighted by Crippen LogP contribution is 2.22. The molecule has 0 amide bonds. The molecule has 21 heavy (non-hydrogen) atoms. The van der Waals surface area contributed by atoms with Crippen molar-refractivity contribution < 1.29 is 9.13 Å². The number of hydrogen-bond donors (Lipinski definition) is 1. The highest BCUT2D eigenvalue weighted by atomic mass is 19.1. The summed E-state index contributed by atoms with van der Waals surface area (Å²) in [5.41, 5.74) is 8.07. The lowest BCUT2D eigenvalue weighted by molar-refractivity contribution is 0.290. The van der Waals surface area contributed by atoms with Gasteiger partial charge in [0.2, 0.25) is 0 Å². The third-order valence-corrected chi connectivity index (χ3v) is 3.77. The maximum absolute atomic E-state index is 13.1. The van der Waals surface area contributed by atoms with Gasteiger partial charge in [-0.25, -0.2) is 4.39 Å². The van der Waals surface area contributed by atoms with Crippen LogP contribution in [0.15, 0.2) is 48.5 Å². The smallest absolute Gasteiger partial charge is 0.123 e. The average molecular weight is 287 g/mol. The number of rotatable bonds is 6. The van der Waals surface area contributed by atoms with E-state index >= 15 is 0 Å². The molecular weight excluding hydrogens is 265 g/mol. The standard InChI is InChI=1S/C18H22FNO/c1-3-13(2)14-7-9-17(10-8-14)21-12-18(20)15-5-4-6-16(19)11-15/h4-11,13,18H,3,12,20H2,1-2H3. The van der Waals surface area contributed by atoms with Gasteiger partial charge in [0.1, 0.15) is 18.2 Å². The van der Waals surface area contributed by atoms with E-state index in [1.165, 1.54) is 17.7 Å². The summed E-state index contributed by atoms with van der Waals surface area (Å²) in [4.78, 5) is 0. The SMILES string of the molecule is CCC(C)c1ccc(OCC(N)c2cccc(F)c2)cc1. The Morgan fingerprint density at radius 2 is 1.81 bits per heavy atom. The van der Waals surface area contributed by atoms with Crippen molar-refractivity contribution in [1.29, 1.82) is 0 Å². The van der Waals surface area contributed by atoms with Crippen LogP contribution in [0.5, 0.6) is 5.75 Å². The second-order valence-electron chi connectivity index (χ2n) is 5.35. The summed E-state index contributed by atoms with van der Waals surface area (Å²) >= 11 is 0. The van der Waals surface area contributed by atoms with Crippen LogP contribution >= 0.6 is 0 Å². The summed E-state index contributed by atoms with van der Waals surface area (Å²) < 4.78 is 18.8. The third kappa shape index (κ3) is 4.30. The predicted molar refractivity (Wildman–Crippen MR) is 84.0 cm³/mol. The van der Waals surface area contributed by atoms with Crippen LogP contribution in [0.4, 0.5) is 4.39 Å². The largest absolute Gasteiger partial charge is 0.492 e. The summed E-state index contributed by atoms with van der Waals surface area (Å²) in [6.45, 7) is 4.70. The van der Waals surface area contributed by atoms with Gasteiger partial charge >= 0.3 is 0 Å². The zero-order chi connectivity index (χ0) is 15.2. The van der Waals surface area contributed by atoms with Crippen LogP contribution in [0.2, 0.25) is 0 Å². The first-order valence-electron chi connectivity index (χ1n) is 7.34. The van der Waals surface area contributed by atoms with E-state index in [0.717, 1.165) is 17.7 Å². The van der Waals surface area contributed by atoms with Gasteiger partial charge in [-0.2, -0.15) is 0 Å². The molecule has 0 spiro atoms. The number of halogens is 1. The van der Waals surface area contributed by atoms with Gasteiger partial charge in [-0.1, -0.05) is 38.1 Å². The lowest BCUT2D eigenvalue weighted by atomic mass is 9.99. The van der Waals surface area contributed by atoms with Crippen LogP contribution in [-0.4, -0.2) is 6.61 Å². The molecule has 0 bridgehead atoms. The summed E-state index contributed by atoms with van der Waals surface area (Å²) in [6, 6.07) is 14.1. The van der Waals surface area contributed by atoms with E-state index in [9.17, 15) is 4.39 Å². The van der Waals surface area contributed by atoms with Crippen LogP contribution < -0.4 is 10.5 Å². The Kier molecular flexibility index (Phi) is 5.34. The van der Waals surface area contributed by atoms with E-state index in [1.54, 1.807) is 6.07 Å². The molecule has 2 N–H and O–H groups in total. The first-order valence-corrected chi connectivity index (χ1v) is 7.34. The van der Waals surface area contributed by atoms with Gasteiger partial charge in [0.05, 0.1) is 6.04 Å². The van der Waals surface area contributed by atoms with Gasteiger partial charge in [-0.15, -0.1) is 0 Å². The van der Waals surface area contributed by atoms with Gasteiger partial charge in [-0.05, 0) is 47.7 Å². The number of nitrogens with two attached hydrogens (primary N) is 1. The quantitative estimate of drug-likeness (QED) is 0.853. The van der Waals surface area contributed by atoms with Gasteiger partial charge in [0, 0.05) is 0 Å². The van der Waals surface area contributed by atoms with E-state index in [4.69, 9.17) is 10.5 Å². The Morgan fingerprint density at radius 1 is 1.10 bits per heavy atom. The fourth-order valence-corrected chi connectivity index (χ4v) is 2.15. The summed E-state index contributed by atoms with van der Waals surface area (Å²) in [5.74, 6) is 1.06. The van der Waals surface area contributed by atoms with Crippen molar-refractivity contribution >= 4 is 0 Å². The van der Waals surface area contributed by atoms with Crippen molar-refractivity contribution in [2.45, 2.75) is 32.2 Å². The van der Waals surface area contributed by atoms with Crippen LogP contribution in [0, 0.1) is 5.82 Å². The number of benzene rings is 2. The zero-order valence-electron chi connectivity index (χ0n) is 12.6. The Balaban J connectivity index is 1.93. The molecule has 2 atom stereocenters. The lowest BCUT2D eigenvalue weighted by Crippen LogP contribution is -2.19. The molecule has 2 rings (SSSR count). The monoisotopic (exact) mass is 287 g/mol. The number of ether oxygens (including phenoxy) is 1. The molecule has 0 aliphatic carbocycles. The molecule has 3 heteroatoms. The molecule has 0 saturated heterocycles. The Hall–Kier alpha value is -1.87. The second-order valence-corrected chi connectivity index (χ2v) is 5.35. The first-order chi connectivity index (χ1) is 10.1. The van der Waals surface area contributed by atoms with Gasteiger partial charge in [0.15, 0.2) is 0 Å². The van der Waals surface area contributed by atoms with Crippen molar-refractivity contribution in [1.82, 2.24) is 0 Å². The summed E-state index contributed by atoms with van der Waals surface area (Å²) in [5, 5.41) is 0. The maximum atomic E-state index is 13.1. The van der Waals surface area contributed by atoms with Crippen LogP contribution in [0.25, 0.3) is 0 Å².